The molecule has 3 aromatic rings. The topological polar surface area (TPSA) is 43.2 Å². The Labute approximate surface area is 146 Å². The van der Waals surface area contributed by atoms with Crippen LogP contribution in [0.2, 0.25) is 5.02 Å². The molecule has 2 aromatic heterocycles. The van der Waals surface area contributed by atoms with E-state index in [9.17, 15) is 0 Å². The normalized spacial score (nSPS) is 11.0. The van der Waals surface area contributed by atoms with Crippen molar-refractivity contribution in [1.82, 2.24) is 19.7 Å². The maximum Gasteiger partial charge on any atom is 0.119 e. The zero-order valence-corrected chi connectivity index (χ0v) is 14.2. The first-order chi connectivity index (χ1) is 11.7. The summed E-state index contributed by atoms with van der Waals surface area (Å²) in [5, 5.41) is 5.12. The molecule has 3 rings (SSSR count). The van der Waals surface area contributed by atoms with Crippen LogP contribution in [-0.4, -0.2) is 39.9 Å². The van der Waals surface area contributed by atoms with Crippen molar-refractivity contribution in [2.45, 2.75) is 6.67 Å². The van der Waals surface area contributed by atoms with Crippen molar-refractivity contribution < 1.29 is 4.74 Å². The minimum atomic E-state index is 0.601. The molecule has 0 bridgehead atoms. The second kappa shape index (κ2) is 7.95. The van der Waals surface area contributed by atoms with Crippen LogP contribution in [0.25, 0.3) is 11.3 Å². The van der Waals surface area contributed by atoms with Gasteiger partial charge in [0, 0.05) is 35.7 Å². The number of hydrogen-bond acceptors (Lipinski definition) is 4. The van der Waals surface area contributed by atoms with Crippen LogP contribution in [0.1, 0.15) is 0 Å². The fourth-order valence-corrected chi connectivity index (χ4v) is 2.49. The van der Waals surface area contributed by atoms with Gasteiger partial charge < -0.3 is 4.74 Å². The van der Waals surface area contributed by atoms with Gasteiger partial charge >= 0.3 is 0 Å². The Kier molecular flexibility index (Phi) is 5.46. The number of likely N-dealkylation sites (N-methyl/N-ethyl adjacent to an activating group) is 1. The van der Waals surface area contributed by atoms with Crippen LogP contribution in [0.5, 0.6) is 5.75 Å². The standard InChI is InChI=1S/C18H19ClN4O/c1-22(12-13-24-17-4-2-16(19)3-5-17)14-23-18(8-11-21-23)15-6-9-20-10-7-15/h2-11H,12-14H2,1H3. The molecule has 0 spiro atoms. The van der Waals surface area contributed by atoms with E-state index in [0.717, 1.165) is 23.6 Å². The molecule has 0 amide bonds. The molecule has 2 heterocycles. The first-order valence-corrected chi connectivity index (χ1v) is 8.09. The summed E-state index contributed by atoms with van der Waals surface area (Å²) in [4.78, 5) is 6.22. The Morgan fingerprint density at radius 3 is 2.54 bits per heavy atom. The van der Waals surface area contributed by atoms with E-state index in [1.807, 2.05) is 60.4 Å². The molecule has 24 heavy (non-hydrogen) atoms. The predicted octanol–water partition coefficient (Wildman–Crippen LogP) is 3.57. The van der Waals surface area contributed by atoms with Crippen molar-refractivity contribution in [3.05, 3.63) is 66.1 Å². The van der Waals surface area contributed by atoms with Crippen LogP contribution in [0, 0.1) is 0 Å². The van der Waals surface area contributed by atoms with Crippen molar-refractivity contribution in [2.75, 3.05) is 20.2 Å². The molecule has 0 N–H and O–H groups in total. The second-order valence-electron chi connectivity index (χ2n) is 5.48. The van der Waals surface area contributed by atoms with Crippen molar-refractivity contribution in [3.63, 3.8) is 0 Å². The van der Waals surface area contributed by atoms with Gasteiger partial charge in [-0.2, -0.15) is 5.10 Å². The van der Waals surface area contributed by atoms with E-state index in [1.165, 1.54) is 0 Å². The Balaban J connectivity index is 1.53. The van der Waals surface area contributed by atoms with E-state index in [4.69, 9.17) is 16.3 Å². The van der Waals surface area contributed by atoms with E-state index in [1.54, 1.807) is 12.4 Å². The van der Waals surface area contributed by atoms with Crippen LogP contribution in [0.3, 0.4) is 0 Å². The smallest absolute Gasteiger partial charge is 0.119 e. The number of pyridine rings is 1. The first-order valence-electron chi connectivity index (χ1n) is 7.71. The molecule has 0 aliphatic rings. The first kappa shape index (κ1) is 16.5. The van der Waals surface area contributed by atoms with Crippen molar-refractivity contribution >= 4 is 11.6 Å². The fraction of sp³-hybridized carbons (Fsp3) is 0.222. The van der Waals surface area contributed by atoms with E-state index in [2.05, 4.69) is 15.0 Å². The maximum atomic E-state index is 5.86. The van der Waals surface area contributed by atoms with Crippen LogP contribution >= 0.6 is 11.6 Å². The highest BCUT2D eigenvalue weighted by atomic mass is 35.5. The van der Waals surface area contributed by atoms with Gasteiger partial charge in [-0.3, -0.25) is 14.6 Å². The molecule has 0 saturated heterocycles. The van der Waals surface area contributed by atoms with Crippen molar-refractivity contribution in [2.24, 2.45) is 0 Å². The van der Waals surface area contributed by atoms with Gasteiger partial charge in [0.2, 0.25) is 0 Å². The van der Waals surface area contributed by atoms with Crippen LogP contribution in [0.4, 0.5) is 0 Å². The highest BCUT2D eigenvalue weighted by Gasteiger charge is 2.07. The molecule has 124 valence electrons. The third-order valence-corrected chi connectivity index (χ3v) is 3.88. The molecule has 0 aliphatic carbocycles. The van der Waals surface area contributed by atoms with E-state index < -0.39 is 0 Å². The highest BCUT2D eigenvalue weighted by Crippen LogP contribution is 2.18. The summed E-state index contributed by atoms with van der Waals surface area (Å²) in [5.74, 6) is 0.823. The van der Waals surface area contributed by atoms with E-state index >= 15 is 0 Å². The third kappa shape index (κ3) is 4.34. The lowest BCUT2D eigenvalue weighted by atomic mass is 10.2. The van der Waals surface area contributed by atoms with Gasteiger partial charge in [0.15, 0.2) is 0 Å². The van der Waals surface area contributed by atoms with Gasteiger partial charge in [-0.1, -0.05) is 11.6 Å². The van der Waals surface area contributed by atoms with Gasteiger partial charge in [-0.25, -0.2) is 0 Å². The second-order valence-corrected chi connectivity index (χ2v) is 5.91. The van der Waals surface area contributed by atoms with E-state index in [-0.39, 0.29) is 0 Å². The number of halogens is 1. The predicted molar refractivity (Wildman–Crippen MR) is 95.0 cm³/mol. The summed E-state index contributed by atoms with van der Waals surface area (Å²) < 4.78 is 7.70. The van der Waals surface area contributed by atoms with Gasteiger partial charge in [0.05, 0.1) is 12.4 Å². The van der Waals surface area contributed by atoms with Gasteiger partial charge in [0.1, 0.15) is 12.4 Å². The Morgan fingerprint density at radius 1 is 1.04 bits per heavy atom. The molecule has 0 saturated carbocycles. The minimum Gasteiger partial charge on any atom is -0.492 e. The fourth-order valence-electron chi connectivity index (χ4n) is 2.36. The zero-order valence-electron chi connectivity index (χ0n) is 13.5. The Bertz CT molecular complexity index is 758. The lowest BCUT2D eigenvalue weighted by Gasteiger charge is -2.18. The lowest BCUT2D eigenvalue weighted by Crippen LogP contribution is -2.27. The van der Waals surface area contributed by atoms with Crippen LogP contribution in [-0.2, 0) is 6.67 Å². The molecular formula is C18H19ClN4O. The van der Waals surface area contributed by atoms with Gasteiger partial charge in [0.25, 0.3) is 0 Å². The molecule has 1 aromatic carbocycles. The van der Waals surface area contributed by atoms with E-state index in [0.29, 0.717) is 18.3 Å². The Morgan fingerprint density at radius 2 is 1.79 bits per heavy atom. The number of hydrogen-bond donors (Lipinski definition) is 0. The summed E-state index contributed by atoms with van der Waals surface area (Å²) in [6.07, 6.45) is 5.39. The van der Waals surface area contributed by atoms with Crippen molar-refractivity contribution in [3.8, 4) is 17.0 Å². The summed E-state index contributed by atoms with van der Waals surface area (Å²) in [6, 6.07) is 13.4. The molecule has 0 aliphatic heterocycles. The summed E-state index contributed by atoms with van der Waals surface area (Å²) >= 11 is 5.86. The molecule has 0 atom stereocenters. The number of nitrogens with zero attached hydrogens (tertiary/aromatic N) is 4. The molecular weight excluding hydrogens is 324 g/mol. The summed E-state index contributed by atoms with van der Waals surface area (Å²) in [5.41, 5.74) is 2.18. The highest BCUT2D eigenvalue weighted by molar-refractivity contribution is 6.30. The summed E-state index contributed by atoms with van der Waals surface area (Å²) in [6.45, 7) is 2.08. The largest absolute Gasteiger partial charge is 0.492 e. The average molecular weight is 343 g/mol. The SMILES string of the molecule is CN(CCOc1ccc(Cl)cc1)Cn1nccc1-c1ccncc1. The van der Waals surface area contributed by atoms with Crippen LogP contribution in [0.15, 0.2) is 61.1 Å². The molecule has 6 heteroatoms. The molecule has 0 unspecified atom stereocenters. The number of aromatic nitrogens is 3. The number of ether oxygens (including phenoxy) is 1. The minimum absolute atomic E-state index is 0.601. The summed E-state index contributed by atoms with van der Waals surface area (Å²) in [7, 11) is 2.04. The van der Waals surface area contributed by atoms with Gasteiger partial charge in [-0.15, -0.1) is 0 Å². The van der Waals surface area contributed by atoms with Crippen molar-refractivity contribution in [1.29, 1.82) is 0 Å². The Hall–Kier alpha value is -2.37. The molecule has 5 nitrogen and oxygen atoms in total. The van der Waals surface area contributed by atoms with Gasteiger partial charge in [-0.05, 0) is 49.5 Å². The number of benzene rings is 1. The average Bonchev–Trinajstić information content (AvgIpc) is 3.05. The lowest BCUT2D eigenvalue weighted by molar-refractivity contribution is 0.200. The number of rotatable bonds is 7. The quantitative estimate of drug-likeness (QED) is 0.658. The molecule has 0 fully saturated rings. The third-order valence-electron chi connectivity index (χ3n) is 3.62. The monoisotopic (exact) mass is 342 g/mol. The molecule has 0 radical (unpaired) electrons. The maximum absolute atomic E-state index is 5.86. The zero-order chi connectivity index (χ0) is 16.8. The van der Waals surface area contributed by atoms with Crippen LogP contribution < -0.4 is 4.74 Å².